The van der Waals surface area contributed by atoms with E-state index in [9.17, 15) is 18.0 Å². The van der Waals surface area contributed by atoms with Crippen LogP contribution in [-0.4, -0.2) is 74.4 Å². The maximum absolute atomic E-state index is 13.4. The van der Waals surface area contributed by atoms with Crippen molar-refractivity contribution in [2.45, 2.75) is 51.2 Å². The van der Waals surface area contributed by atoms with Gasteiger partial charge in [0.2, 0.25) is 0 Å². The van der Waals surface area contributed by atoms with Crippen molar-refractivity contribution in [3.63, 3.8) is 0 Å². The van der Waals surface area contributed by atoms with Crippen LogP contribution in [0.15, 0.2) is 42.0 Å². The Morgan fingerprint density at radius 2 is 1.84 bits per heavy atom. The van der Waals surface area contributed by atoms with Crippen LogP contribution >= 0.6 is 0 Å². The second-order valence-corrected chi connectivity index (χ2v) is 13.1. The second kappa shape index (κ2) is 12.2. The largest absolute Gasteiger partial charge is 0.466 e. The highest BCUT2D eigenvalue weighted by atomic mass is 32.2. The van der Waals surface area contributed by atoms with E-state index in [0.29, 0.717) is 18.1 Å². The highest BCUT2D eigenvalue weighted by Crippen LogP contribution is 2.46. The standard InChI is InChI=1S/C32H37N3O7S/c1-40-20-21-8-10-26-24(16-21)17-25(32(37)41-2)19-35-28-18-23(31(36)33-43(38,39)34-12-14-42-15-13-34)9-11-27(28)29(30(26)35)22-6-4-3-5-7-22/h8-11,16-18,22H,3-7,12-15,19-20H2,1-2H3,(H,33,36)/p+1. The fraction of sp³-hybridized carbons (Fsp3) is 0.438. The smallest absolute Gasteiger partial charge is 0.335 e. The minimum atomic E-state index is -4.02. The van der Waals surface area contributed by atoms with Crippen LogP contribution in [0, 0.1) is 0 Å². The second-order valence-electron chi connectivity index (χ2n) is 11.4. The first-order valence-corrected chi connectivity index (χ1v) is 16.3. The average molecular weight is 609 g/mol. The Morgan fingerprint density at radius 1 is 1.07 bits per heavy atom. The molecule has 3 aromatic rings. The summed E-state index contributed by atoms with van der Waals surface area (Å²) in [5, 5.41) is 1.01. The molecule has 0 bridgehead atoms. The Kier molecular flexibility index (Phi) is 8.41. The van der Waals surface area contributed by atoms with E-state index in [2.05, 4.69) is 32.2 Å². The van der Waals surface area contributed by atoms with Crippen LogP contribution in [0.2, 0.25) is 0 Å². The molecule has 2 aromatic carbocycles. The number of esters is 1. The Balaban J connectivity index is 1.51. The van der Waals surface area contributed by atoms with Crippen LogP contribution in [0.25, 0.3) is 28.2 Å². The summed E-state index contributed by atoms with van der Waals surface area (Å²) in [6.45, 7) is 1.77. The van der Waals surface area contributed by atoms with Crippen molar-refractivity contribution in [3.8, 4) is 11.3 Å². The number of aromatic nitrogens is 1. The lowest BCUT2D eigenvalue weighted by Gasteiger charge is -2.25. The molecule has 11 heteroatoms. The van der Waals surface area contributed by atoms with Crippen LogP contribution in [0.3, 0.4) is 0 Å². The number of aliphatic hydroxyl groups is 2. The van der Waals surface area contributed by atoms with Crippen LogP contribution in [0.5, 0.6) is 0 Å². The molecule has 1 amide bonds. The van der Waals surface area contributed by atoms with E-state index in [-0.39, 0.29) is 38.4 Å². The number of morpholine rings is 1. The lowest BCUT2D eigenvalue weighted by molar-refractivity contribution is -0.136. The highest BCUT2D eigenvalue weighted by molar-refractivity contribution is 7.87. The summed E-state index contributed by atoms with van der Waals surface area (Å²) in [6, 6.07) is 11.6. The van der Waals surface area contributed by atoms with Crippen molar-refractivity contribution < 1.29 is 32.2 Å². The van der Waals surface area contributed by atoms with E-state index in [1.807, 2.05) is 12.1 Å². The molecule has 0 atom stereocenters. The van der Waals surface area contributed by atoms with Gasteiger partial charge in [-0.3, -0.25) is 4.79 Å². The zero-order valence-corrected chi connectivity index (χ0v) is 25.4. The molecule has 10 nitrogen and oxygen atoms in total. The summed E-state index contributed by atoms with van der Waals surface area (Å²) in [5.74, 6) is -0.795. The molecule has 0 unspecified atom stereocenters. The average Bonchev–Trinajstić information content (AvgIpc) is 3.24. The van der Waals surface area contributed by atoms with Gasteiger partial charge in [0, 0.05) is 40.7 Å². The van der Waals surface area contributed by atoms with Gasteiger partial charge in [-0.25, -0.2) is 9.52 Å². The van der Waals surface area contributed by atoms with Gasteiger partial charge in [-0.15, -0.1) is 0 Å². The molecule has 1 aliphatic carbocycles. The number of hydrogen-bond donors (Lipinski definition) is 1. The van der Waals surface area contributed by atoms with Gasteiger partial charge >= 0.3 is 16.2 Å². The summed E-state index contributed by atoms with van der Waals surface area (Å²) in [4.78, 5) is 26.4. The van der Waals surface area contributed by atoms with E-state index in [1.165, 1.54) is 23.4 Å². The predicted octanol–water partition coefficient (Wildman–Crippen LogP) is 3.89. The molecule has 1 aromatic heterocycles. The summed E-state index contributed by atoms with van der Waals surface area (Å²) < 4.78 is 46.2. The van der Waals surface area contributed by atoms with Crippen molar-refractivity contribution in [2.75, 3.05) is 40.5 Å². The van der Waals surface area contributed by atoms with Crippen LogP contribution in [-0.2, 0) is 37.6 Å². The molecule has 2 aliphatic heterocycles. The number of fused-ring (bicyclic) bond motifs is 5. The van der Waals surface area contributed by atoms with Crippen LogP contribution in [0.1, 0.15) is 65.1 Å². The number of nitrogens with zero attached hydrogens (tertiary/aromatic N) is 2. The third-order valence-electron chi connectivity index (χ3n) is 8.73. The Hall–Kier alpha value is -3.51. The van der Waals surface area contributed by atoms with Crippen molar-refractivity contribution in [2.24, 2.45) is 0 Å². The van der Waals surface area contributed by atoms with E-state index in [1.54, 1.807) is 19.2 Å². The third kappa shape index (κ3) is 5.74. The quantitative estimate of drug-likeness (QED) is 0.321. The molecular weight excluding hydrogens is 570 g/mol. The molecule has 2 fully saturated rings. The summed E-state index contributed by atoms with van der Waals surface area (Å²) >= 11 is 0. The predicted molar refractivity (Wildman–Crippen MR) is 164 cm³/mol. The number of amides is 1. The van der Waals surface area contributed by atoms with Crippen LogP contribution < -0.4 is 4.72 Å². The van der Waals surface area contributed by atoms with E-state index < -0.39 is 22.1 Å². The zero-order chi connectivity index (χ0) is 30.1. The van der Waals surface area contributed by atoms with Gasteiger partial charge in [0.25, 0.3) is 5.91 Å². The molecule has 228 valence electrons. The monoisotopic (exact) mass is 608 g/mol. The molecule has 3 aliphatic rings. The Bertz CT molecular complexity index is 1700. The summed E-state index contributed by atoms with van der Waals surface area (Å²) in [6.07, 6.45) is 7.52. The number of carbonyl (C=O) groups excluding carboxylic acids is 2. The van der Waals surface area contributed by atoms with Gasteiger partial charge in [-0.2, -0.15) is 12.7 Å². The number of ether oxygens (including phenoxy) is 3. The van der Waals surface area contributed by atoms with Gasteiger partial charge in [0.15, 0.2) is 6.61 Å². The molecule has 2 N–H and O–H groups in total. The molecule has 0 spiro atoms. The molecule has 43 heavy (non-hydrogen) atoms. The van der Waals surface area contributed by atoms with Gasteiger partial charge < -0.3 is 18.8 Å². The van der Waals surface area contributed by atoms with Crippen molar-refractivity contribution >= 4 is 39.1 Å². The summed E-state index contributed by atoms with van der Waals surface area (Å²) in [5.41, 5.74) is 6.74. The lowest BCUT2D eigenvalue weighted by Crippen LogP contribution is -2.48. The topological polar surface area (TPSA) is 120 Å². The maximum atomic E-state index is 13.4. The van der Waals surface area contributed by atoms with E-state index in [4.69, 9.17) is 9.47 Å². The number of hydrogen-bond acceptors (Lipinski definition) is 6. The third-order valence-corrected chi connectivity index (χ3v) is 10.2. The first-order valence-electron chi connectivity index (χ1n) is 14.8. The van der Waals surface area contributed by atoms with Crippen molar-refractivity contribution in [3.05, 3.63) is 64.2 Å². The molecule has 1 saturated heterocycles. The van der Waals surface area contributed by atoms with Crippen LogP contribution in [0.4, 0.5) is 0 Å². The first kappa shape index (κ1) is 29.6. The lowest BCUT2D eigenvalue weighted by atomic mass is 9.81. The molecule has 0 radical (unpaired) electrons. The van der Waals surface area contributed by atoms with Gasteiger partial charge in [-0.1, -0.05) is 37.5 Å². The molecular formula is C32H38N3O7S+. The molecule has 3 heterocycles. The number of carbonyl (C=O) groups is 2. The molecule has 1 saturated carbocycles. The zero-order valence-electron chi connectivity index (χ0n) is 24.6. The normalized spacial score (nSPS) is 18.0. The maximum Gasteiger partial charge on any atom is 0.335 e. The fourth-order valence-corrected chi connectivity index (χ4v) is 7.80. The minimum absolute atomic E-state index is 0.189. The Morgan fingerprint density at radius 3 is 2.56 bits per heavy atom. The Labute approximate surface area is 251 Å². The van der Waals surface area contributed by atoms with Gasteiger partial charge in [0.1, 0.15) is 7.11 Å². The molecule has 6 rings (SSSR count). The van der Waals surface area contributed by atoms with Gasteiger partial charge in [-0.05, 0) is 54.2 Å². The first-order chi connectivity index (χ1) is 20.8. The summed E-state index contributed by atoms with van der Waals surface area (Å²) in [7, 11) is -0.868. The number of rotatable bonds is 7. The number of methoxy groups -OCH3 is 1. The minimum Gasteiger partial charge on any atom is -0.466 e. The van der Waals surface area contributed by atoms with Crippen molar-refractivity contribution in [1.82, 2.24) is 13.6 Å². The fourth-order valence-electron chi connectivity index (χ4n) is 6.69. The number of nitrogens with one attached hydrogen (secondary N) is 1. The van der Waals surface area contributed by atoms with Gasteiger partial charge in [0.05, 0.1) is 38.1 Å². The SMILES string of the molecule is COC(=O)C1=Cc2cc(C[OH+]C)ccc2-c2c(C3CCCCC3)c3ccc(C(=O)NS(=O)(=O)N4CCOCC4)cc3n2C1. The van der Waals surface area contributed by atoms with E-state index in [0.717, 1.165) is 59.0 Å². The van der Waals surface area contributed by atoms with Crippen molar-refractivity contribution in [1.29, 1.82) is 0 Å². The highest BCUT2D eigenvalue weighted by Gasteiger charge is 2.32. The van der Waals surface area contributed by atoms with E-state index >= 15 is 0 Å². The number of benzene rings is 2.